The van der Waals surface area contributed by atoms with E-state index in [2.05, 4.69) is 19.2 Å². The molecular formula is C35H40O8. The van der Waals surface area contributed by atoms with Gasteiger partial charge in [0.25, 0.3) is 0 Å². The van der Waals surface area contributed by atoms with Crippen molar-refractivity contribution in [2.75, 3.05) is 13.2 Å². The number of benzene rings is 2. The lowest BCUT2D eigenvalue weighted by molar-refractivity contribution is -0.147. The van der Waals surface area contributed by atoms with Crippen LogP contribution in [0.5, 0.6) is 5.75 Å². The third kappa shape index (κ3) is 9.81. The lowest BCUT2D eigenvalue weighted by Crippen LogP contribution is -2.12. The van der Waals surface area contributed by atoms with Crippen LogP contribution in [0.25, 0.3) is 22.1 Å². The van der Waals surface area contributed by atoms with E-state index in [0.717, 1.165) is 35.8 Å². The maximum absolute atomic E-state index is 13.1. The molecule has 0 saturated carbocycles. The van der Waals surface area contributed by atoms with Gasteiger partial charge in [-0.1, -0.05) is 45.2 Å². The molecule has 0 aliphatic rings. The molecule has 0 spiro atoms. The van der Waals surface area contributed by atoms with Gasteiger partial charge in [-0.25, -0.2) is 14.4 Å². The van der Waals surface area contributed by atoms with Gasteiger partial charge in [0.15, 0.2) is 0 Å². The van der Waals surface area contributed by atoms with E-state index in [0.29, 0.717) is 60.5 Å². The minimum Gasteiger partial charge on any atom is -0.465 e. The van der Waals surface area contributed by atoms with E-state index < -0.39 is 17.6 Å². The van der Waals surface area contributed by atoms with E-state index in [1.165, 1.54) is 0 Å². The highest BCUT2D eigenvalue weighted by molar-refractivity contribution is 5.89. The molecule has 0 radical (unpaired) electrons. The number of ether oxygens (including phenoxy) is 3. The number of rotatable bonds is 15. The summed E-state index contributed by atoms with van der Waals surface area (Å²) in [4.78, 5) is 48.3. The molecule has 8 nitrogen and oxygen atoms in total. The van der Waals surface area contributed by atoms with Gasteiger partial charge in [0.2, 0.25) is 0 Å². The zero-order valence-corrected chi connectivity index (χ0v) is 25.5. The molecule has 1 aromatic heterocycles. The second-order valence-corrected chi connectivity index (χ2v) is 11.0. The third-order valence-electron chi connectivity index (χ3n) is 6.72. The molecule has 0 amide bonds. The van der Waals surface area contributed by atoms with Gasteiger partial charge >= 0.3 is 23.5 Å². The summed E-state index contributed by atoms with van der Waals surface area (Å²) < 4.78 is 21.6. The van der Waals surface area contributed by atoms with Crippen molar-refractivity contribution in [2.24, 2.45) is 5.92 Å². The van der Waals surface area contributed by atoms with Crippen LogP contribution in [0, 0.1) is 5.92 Å². The van der Waals surface area contributed by atoms with Crippen LogP contribution in [0.4, 0.5) is 0 Å². The van der Waals surface area contributed by atoms with Gasteiger partial charge < -0.3 is 18.6 Å². The standard InChI is InChI=1S/C35H40O8/c1-22(2)32(36)40-17-9-7-11-25-19-27(12-8-10-18-41-33(37)23(3)4)29-21-30(35(39)43-31(29)20-25)26-13-15-28(16-14-26)42-34(38)24(5)6/h13-16,19-21,23H,1,5,7-12,17-18H2,2-4,6H3. The largest absolute Gasteiger partial charge is 0.465 e. The fourth-order valence-corrected chi connectivity index (χ4v) is 4.28. The average Bonchev–Trinajstić information content (AvgIpc) is 2.96. The van der Waals surface area contributed by atoms with Crippen LogP contribution < -0.4 is 10.4 Å². The Bertz CT molecular complexity index is 1540. The topological polar surface area (TPSA) is 109 Å². The number of esters is 3. The highest BCUT2D eigenvalue weighted by Crippen LogP contribution is 2.28. The molecule has 0 atom stereocenters. The minimum absolute atomic E-state index is 0.168. The summed E-state index contributed by atoms with van der Waals surface area (Å²) in [5, 5.41) is 0.825. The molecule has 228 valence electrons. The molecule has 8 heteroatoms. The summed E-state index contributed by atoms with van der Waals surface area (Å²) in [6.07, 6.45) is 4.36. The van der Waals surface area contributed by atoms with Crippen molar-refractivity contribution in [3.63, 3.8) is 0 Å². The van der Waals surface area contributed by atoms with Crippen molar-refractivity contribution in [1.82, 2.24) is 0 Å². The van der Waals surface area contributed by atoms with E-state index in [9.17, 15) is 19.2 Å². The van der Waals surface area contributed by atoms with Crippen molar-refractivity contribution in [1.29, 1.82) is 0 Å². The van der Waals surface area contributed by atoms with Crippen molar-refractivity contribution in [3.8, 4) is 16.9 Å². The quantitative estimate of drug-likeness (QED) is 0.0620. The first kappa shape index (κ1) is 33.0. The Balaban J connectivity index is 1.83. The first-order valence-electron chi connectivity index (χ1n) is 14.5. The Labute approximate surface area is 252 Å². The Morgan fingerprint density at radius 1 is 0.814 bits per heavy atom. The van der Waals surface area contributed by atoms with E-state index in [1.54, 1.807) is 52.0 Å². The predicted molar refractivity (Wildman–Crippen MR) is 166 cm³/mol. The van der Waals surface area contributed by atoms with Crippen molar-refractivity contribution in [2.45, 2.75) is 66.2 Å². The highest BCUT2D eigenvalue weighted by atomic mass is 16.5. The van der Waals surface area contributed by atoms with Crippen LogP contribution in [0.3, 0.4) is 0 Å². The average molecular weight is 589 g/mol. The van der Waals surface area contributed by atoms with Crippen molar-refractivity contribution in [3.05, 3.63) is 88.3 Å². The first-order chi connectivity index (χ1) is 20.5. The SMILES string of the molecule is C=C(C)C(=O)OCCCCc1cc(CCCCOC(=O)C(C)C)c2cc(-c3ccc(OC(=O)C(=C)C)cc3)c(=O)oc2c1. The molecule has 0 aliphatic carbocycles. The number of fused-ring (bicyclic) bond motifs is 1. The van der Waals surface area contributed by atoms with Crippen LogP contribution in [0.1, 0.15) is 64.5 Å². The Morgan fingerprint density at radius 3 is 2.07 bits per heavy atom. The van der Waals surface area contributed by atoms with Gasteiger partial charge in [-0.05, 0) is 93.3 Å². The lowest BCUT2D eigenvalue weighted by atomic mass is 9.96. The minimum atomic E-state index is -0.523. The van der Waals surface area contributed by atoms with Gasteiger partial charge in [-0.3, -0.25) is 4.79 Å². The maximum Gasteiger partial charge on any atom is 0.344 e. The summed E-state index contributed by atoms with van der Waals surface area (Å²) in [6.45, 7) is 14.6. The zero-order valence-electron chi connectivity index (χ0n) is 25.5. The summed E-state index contributed by atoms with van der Waals surface area (Å²) in [5.74, 6) is -0.955. The van der Waals surface area contributed by atoms with Crippen LogP contribution in [0.15, 0.2) is 76.0 Å². The van der Waals surface area contributed by atoms with Gasteiger partial charge in [-0.15, -0.1) is 0 Å². The smallest absolute Gasteiger partial charge is 0.344 e. The predicted octanol–water partition coefficient (Wildman–Crippen LogP) is 6.91. The summed E-state index contributed by atoms with van der Waals surface area (Å²) >= 11 is 0. The monoisotopic (exact) mass is 588 g/mol. The molecule has 0 unspecified atom stereocenters. The first-order valence-corrected chi connectivity index (χ1v) is 14.5. The third-order valence-corrected chi connectivity index (χ3v) is 6.72. The van der Waals surface area contributed by atoms with Gasteiger partial charge in [0.1, 0.15) is 11.3 Å². The normalized spacial score (nSPS) is 10.9. The van der Waals surface area contributed by atoms with E-state index in [-0.39, 0.29) is 17.5 Å². The lowest BCUT2D eigenvalue weighted by Gasteiger charge is -2.12. The second kappa shape index (κ2) is 15.7. The molecule has 43 heavy (non-hydrogen) atoms. The number of carbonyl (C=O) groups is 3. The number of unbranched alkanes of at least 4 members (excludes halogenated alkanes) is 2. The Kier molecular flexibility index (Phi) is 12.0. The van der Waals surface area contributed by atoms with Crippen LogP contribution >= 0.6 is 0 Å². The summed E-state index contributed by atoms with van der Waals surface area (Å²) in [7, 11) is 0. The molecule has 0 N–H and O–H groups in total. The van der Waals surface area contributed by atoms with Gasteiger partial charge in [0.05, 0.1) is 24.7 Å². The summed E-state index contributed by atoms with van der Waals surface area (Å²) in [5.41, 5.74) is 3.73. The number of hydrogen-bond acceptors (Lipinski definition) is 8. The molecule has 2 aromatic carbocycles. The molecule has 0 saturated heterocycles. The maximum atomic E-state index is 13.1. The van der Waals surface area contributed by atoms with Gasteiger partial charge in [0, 0.05) is 16.5 Å². The molecular weight excluding hydrogens is 548 g/mol. The molecule has 0 aliphatic heterocycles. The Hall–Kier alpha value is -4.46. The van der Waals surface area contributed by atoms with Gasteiger partial charge in [-0.2, -0.15) is 0 Å². The number of aryl methyl sites for hydroxylation is 2. The fraction of sp³-hybridized carbons (Fsp3) is 0.371. The van der Waals surface area contributed by atoms with E-state index in [4.69, 9.17) is 18.6 Å². The van der Waals surface area contributed by atoms with E-state index >= 15 is 0 Å². The van der Waals surface area contributed by atoms with Crippen LogP contribution in [0.2, 0.25) is 0 Å². The van der Waals surface area contributed by atoms with Crippen molar-refractivity contribution >= 4 is 28.9 Å². The van der Waals surface area contributed by atoms with Crippen molar-refractivity contribution < 1.29 is 33.0 Å². The molecule has 1 heterocycles. The molecule has 3 aromatic rings. The zero-order chi connectivity index (χ0) is 31.5. The summed E-state index contributed by atoms with van der Waals surface area (Å²) in [6, 6.07) is 12.5. The highest BCUT2D eigenvalue weighted by Gasteiger charge is 2.14. The number of carbonyl (C=O) groups excluding carboxylic acids is 3. The molecule has 0 fully saturated rings. The Morgan fingerprint density at radius 2 is 1.44 bits per heavy atom. The number of hydrogen-bond donors (Lipinski definition) is 0. The van der Waals surface area contributed by atoms with Crippen LogP contribution in [-0.4, -0.2) is 31.1 Å². The fourth-order valence-electron chi connectivity index (χ4n) is 4.28. The molecule has 0 bridgehead atoms. The molecule has 3 rings (SSSR count). The second-order valence-electron chi connectivity index (χ2n) is 11.0. The van der Waals surface area contributed by atoms with E-state index in [1.807, 2.05) is 12.1 Å². The van der Waals surface area contributed by atoms with Crippen LogP contribution in [-0.2, 0) is 36.7 Å².